The second-order valence-corrected chi connectivity index (χ2v) is 26.0. The maximum Gasteiger partial charge on any atom is 0.0774 e. The van der Waals surface area contributed by atoms with Crippen molar-refractivity contribution in [1.82, 2.24) is 46.9 Å². The molecule has 11 aromatic carbocycles. The zero-order valence-corrected chi connectivity index (χ0v) is 68.1. The molecule has 102 heavy (non-hydrogen) atoms. The Bertz CT molecular complexity index is 6590. The van der Waals surface area contributed by atoms with Crippen LogP contribution in [-0.2, 0) is 106 Å². The monoisotopic (exact) mass is 2210 g/mol. The largest absolute Gasteiger partial charge is 0.340 e. The summed E-state index contributed by atoms with van der Waals surface area (Å²) in [6, 6.07) is 92.4. The number of pyridine rings is 5. The Morgan fingerprint density at radius 3 is 1.12 bits per heavy atom. The number of imidazole rings is 5. The van der Waals surface area contributed by atoms with Crippen LogP contribution in [0.25, 0.3) is 148 Å². The first-order valence-corrected chi connectivity index (χ1v) is 32.8. The number of aromatic nitrogens is 10. The Kier molecular flexibility index (Phi) is 21.5. The van der Waals surface area contributed by atoms with Crippen LogP contribution in [0.2, 0.25) is 0 Å². The van der Waals surface area contributed by atoms with E-state index in [0.29, 0.717) is 5.92 Å². The van der Waals surface area contributed by atoms with E-state index < -0.39 is 0 Å². The van der Waals surface area contributed by atoms with Gasteiger partial charge in [-0.3, -0.25) is 24.9 Å². The molecule has 15 heteroatoms. The predicted molar refractivity (Wildman–Crippen MR) is 400 cm³/mol. The summed E-state index contributed by atoms with van der Waals surface area (Å²) in [6.45, 7) is 13.3. The molecule has 5 radical (unpaired) electrons. The van der Waals surface area contributed by atoms with Gasteiger partial charge in [0.05, 0.1) is 39.3 Å². The van der Waals surface area contributed by atoms with Crippen LogP contribution < -0.4 is 0 Å². The smallest absolute Gasteiger partial charge is 0.0774 e. The van der Waals surface area contributed by atoms with Crippen molar-refractivity contribution in [2.75, 3.05) is 0 Å². The van der Waals surface area contributed by atoms with Gasteiger partial charge in [0.25, 0.3) is 0 Å². The standard InChI is InChI=1S/C19H11N2.C19H17N2.C18H15N2.C16H11N2.C15H9N2.5Ir/c1-2-9-15-13(7-1)14-8-3-5-11-17(14)21-18-12-6-4-10-16(18)20-19(15)21;1-19(2,3)13-8-9-17-16(12-13)14-6-4-5-7-15(14)18-20-10-11-21(17)18;1-12(2)13-7-8-17-16(11-13)14-5-3-4-6-15(14)18-19-9-10-20(17)18;1-11-6-7-15-14(10-11)12-4-2-3-5-13(12)16-17-8-9-18(15)16;1-2-7-13-11(5-1)12-6-3-4-8-14(12)17-10-9-16-15(13)17;;;;;/h1-8,10-12H;4-6,8-12H,1-3H3;3-5,7-12H,1-2H3;2-4,6-10H,1H3;1-6,8-10H;;;;;/q5*-1;;;;;. The molecule has 21 rings (SSSR count). The Hall–Kier alpha value is -9.02. The van der Waals surface area contributed by atoms with Gasteiger partial charge in [-0.2, -0.15) is 0 Å². The van der Waals surface area contributed by atoms with Crippen molar-refractivity contribution >= 4 is 148 Å². The number of hydrogen-bond donors (Lipinski definition) is 0. The van der Waals surface area contributed by atoms with E-state index >= 15 is 0 Å². The maximum atomic E-state index is 4.83. The van der Waals surface area contributed by atoms with E-state index in [-0.39, 0.29) is 106 Å². The Morgan fingerprint density at radius 2 is 0.667 bits per heavy atom. The Balaban J connectivity index is 0.000000119. The molecule has 0 spiro atoms. The van der Waals surface area contributed by atoms with Crippen molar-refractivity contribution in [2.45, 2.75) is 52.9 Å². The van der Waals surface area contributed by atoms with Crippen LogP contribution in [0, 0.1) is 37.3 Å². The number of benzene rings is 11. The number of para-hydroxylation sites is 4. The molecule has 0 aliphatic heterocycles. The minimum absolute atomic E-state index is 0. The molecule has 0 saturated carbocycles. The molecule has 0 amide bonds. The second-order valence-electron chi connectivity index (χ2n) is 26.0. The summed E-state index contributed by atoms with van der Waals surface area (Å²) in [7, 11) is 0. The molecular formula is C87H63Ir5N10-5. The van der Waals surface area contributed by atoms with Crippen molar-refractivity contribution in [3.8, 4) is 0 Å². The summed E-state index contributed by atoms with van der Waals surface area (Å²) in [5.41, 5.74) is 17.1. The predicted octanol–water partition coefficient (Wildman–Crippen LogP) is 21.1. The van der Waals surface area contributed by atoms with Gasteiger partial charge in [0.15, 0.2) is 0 Å². The van der Waals surface area contributed by atoms with Gasteiger partial charge in [-0.25, -0.2) is 0 Å². The third-order valence-electron chi connectivity index (χ3n) is 18.8. The first kappa shape index (κ1) is 72.8. The Morgan fingerprint density at radius 1 is 0.324 bits per heavy atom. The summed E-state index contributed by atoms with van der Waals surface area (Å²) in [6.07, 6.45) is 15.4. The van der Waals surface area contributed by atoms with Crippen LogP contribution >= 0.6 is 0 Å². The molecule has 0 bridgehead atoms. The van der Waals surface area contributed by atoms with Gasteiger partial charge >= 0.3 is 0 Å². The van der Waals surface area contributed by atoms with Crippen LogP contribution in [0.15, 0.2) is 268 Å². The first-order chi connectivity index (χ1) is 47.5. The minimum atomic E-state index is 0. The SMILES string of the molecule is CC(C)(C)c1ccc2c(c1)c1ccc[c-]c1c1nccn21.CC(C)c1ccc2c(c1)c1ccc[c-]c1c1nccn21.Cc1ccc2c(c1)c1ccc[c-]c1c1nccn21.[Ir].[Ir].[Ir].[Ir].[Ir].[c-]1cccc2c1c1nc3ccccc3n1c1ccccc21.[c-]1cccc2c1c1nccn1c1ccccc21. The fraction of sp³-hybridized carbons (Fsp3) is 0.0920. The molecule has 10 nitrogen and oxygen atoms in total. The quantitative estimate of drug-likeness (QED) is 0.121. The van der Waals surface area contributed by atoms with Gasteiger partial charge in [0, 0.05) is 178 Å². The average Bonchev–Trinajstić information content (AvgIpc) is 1.50. The van der Waals surface area contributed by atoms with E-state index in [9.17, 15) is 0 Å². The third-order valence-corrected chi connectivity index (χ3v) is 18.8. The summed E-state index contributed by atoms with van der Waals surface area (Å²) in [4.78, 5) is 22.7. The minimum Gasteiger partial charge on any atom is -0.340 e. The first-order valence-electron chi connectivity index (χ1n) is 32.8. The van der Waals surface area contributed by atoms with E-state index in [2.05, 4.69) is 265 Å². The van der Waals surface area contributed by atoms with Gasteiger partial charge in [-0.05, 0) is 98.8 Å². The molecule has 0 aliphatic carbocycles. The van der Waals surface area contributed by atoms with Gasteiger partial charge in [-0.1, -0.05) is 152 Å². The third kappa shape index (κ3) is 12.8. The van der Waals surface area contributed by atoms with Crippen LogP contribution in [-0.4, -0.2) is 46.9 Å². The number of fused-ring (bicyclic) bond motifs is 32. The zero-order chi connectivity index (χ0) is 65.5. The Labute approximate surface area is 656 Å². The van der Waals surface area contributed by atoms with Crippen molar-refractivity contribution in [1.29, 1.82) is 0 Å². The fourth-order valence-corrected chi connectivity index (χ4v) is 14.1. The molecule has 21 aromatic rings. The molecule has 0 saturated heterocycles. The molecule has 0 aliphatic rings. The molecule has 0 N–H and O–H groups in total. The van der Waals surface area contributed by atoms with E-state index in [1.807, 2.05) is 116 Å². The van der Waals surface area contributed by atoms with Gasteiger partial charge in [0.2, 0.25) is 0 Å². The van der Waals surface area contributed by atoms with Crippen molar-refractivity contribution in [3.63, 3.8) is 0 Å². The van der Waals surface area contributed by atoms with Crippen LogP contribution in [0.3, 0.4) is 0 Å². The summed E-state index contributed by atoms with van der Waals surface area (Å²) in [5, 5.41) is 17.8. The number of hydrogen-bond acceptors (Lipinski definition) is 5. The van der Waals surface area contributed by atoms with Crippen LogP contribution in [0.4, 0.5) is 0 Å². The zero-order valence-electron chi connectivity index (χ0n) is 56.1. The molecule has 511 valence electrons. The van der Waals surface area contributed by atoms with Gasteiger partial charge in [-0.15, -0.1) is 148 Å². The van der Waals surface area contributed by atoms with Crippen molar-refractivity contribution < 1.29 is 101 Å². The van der Waals surface area contributed by atoms with E-state index in [4.69, 9.17) is 4.98 Å². The van der Waals surface area contributed by atoms with Gasteiger partial charge < -0.3 is 22.0 Å². The van der Waals surface area contributed by atoms with Crippen LogP contribution in [0.1, 0.15) is 57.2 Å². The maximum absolute atomic E-state index is 4.83. The normalized spacial score (nSPS) is 11.3. The number of aryl methyl sites for hydroxylation is 1. The molecule has 0 fully saturated rings. The van der Waals surface area contributed by atoms with E-state index in [0.717, 1.165) is 66.2 Å². The van der Waals surface area contributed by atoms with E-state index in [1.54, 1.807) is 0 Å². The average molecular weight is 2210 g/mol. The summed E-state index contributed by atoms with van der Waals surface area (Å²) >= 11 is 0. The second kappa shape index (κ2) is 30.1. The van der Waals surface area contributed by atoms with Crippen molar-refractivity contribution in [3.05, 3.63) is 315 Å². The molecule has 10 aromatic heterocycles. The molecule has 0 unspecified atom stereocenters. The fourth-order valence-electron chi connectivity index (χ4n) is 14.1. The van der Waals surface area contributed by atoms with Crippen LogP contribution in [0.5, 0.6) is 0 Å². The summed E-state index contributed by atoms with van der Waals surface area (Å²) < 4.78 is 10.8. The molecular weight excluding hydrogens is 2150 g/mol. The van der Waals surface area contributed by atoms with E-state index in [1.165, 1.54) is 98.1 Å². The molecule has 10 heterocycles. The van der Waals surface area contributed by atoms with Crippen molar-refractivity contribution in [2.24, 2.45) is 0 Å². The summed E-state index contributed by atoms with van der Waals surface area (Å²) in [5.74, 6) is 0.528. The number of rotatable bonds is 1. The molecule has 0 atom stereocenters. The van der Waals surface area contributed by atoms with Gasteiger partial charge in [0.1, 0.15) is 0 Å². The topological polar surface area (TPSA) is 86.5 Å². The number of nitrogens with zero attached hydrogens (tertiary/aromatic N) is 10.